The topological polar surface area (TPSA) is 34.1 Å². The number of hydrogen-bond donors (Lipinski definition) is 0. The molecule has 0 aromatic heterocycles. The van der Waals surface area contributed by atoms with Crippen molar-refractivity contribution in [2.45, 2.75) is 18.9 Å². The highest BCUT2D eigenvalue weighted by Gasteiger charge is 2.24. The molecule has 1 fully saturated rings. The van der Waals surface area contributed by atoms with E-state index in [4.69, 9.17) is 9.57 Å². The number of nitrogens with zero attached hydrogens (tertiary/aromatic N) is 1. The fourth-order valence-corrected chi connectivity index (χ4v) is 2.71. The zero-order valence-electron chi connectivity index (χ0n) is 10.6. The van der Waals surface area contributed by atoms with Crippen LogP contribution >= 0.6 is 0 Å². The minimum Gasteiger partial charge on any atom is -0.393 e. The van der Waals surface area contributed by atoms with Crippen molar-refractivity contribution in [3.8, 4) is 0 Å². The Bertz CT molecular complexity index is 659. The van der Waals surface area contributed by atoms with Crippen LogP contribution in [0.3, 0.4) is 0 Å². The molecule has 1 aliphatic carbocycles. The van der Waals surface area contributed by atoms with Crippen molar-refractivity contribution in [3.05, 3.63) is 47.5 Å². The molecule has 2 aliphatic rings. The Labute approximate surface area is 111 Å². The molecule has 0 saturated carbocycles. The molecule has 19 heavy (non-hydrogen) atoms. The van der Waals surface area contributed by atoms with E-state index in [1.807, 2.05) is 0 Å². The predicted molar refractivity (Wildman–Crippen MR) is 74.5 cm³/mol. The van der Waals surface area contributed by atoms with E-state index in [1.165, 1.54) is 21.9 Å². The summed E-state index contributed by atoms with van der Waals surface area (Å²) in [6.07, 6.45) is 2.29. The molecule has 1 aliphatic heterocycles. The highest BCUT2D eigenvalue weighted by Crippen LogP contribution is 2.30. The molecule has 1 unspecified atom stereocenters. The first-order valence-corrected chi connectivity index (χ1v) is 6.73. The van der Waals surface area contributed by atoms with Crippen molar-refractivity contribution in [1.82, 2.24) is 0 Å². The monoisotopic (exact) mass is 253 g/mol. The fourth-order valence-electron chi connectivity index (χ4n) is 2.71. The van der Waals surface area contributed by atoms with Gasteiger partial charge in [0.05, 0.1) is 12.3 Å². The van der Waals surface area contributed by atoms with Gasteiger partial charge < -0.3 is 9.57 Å². The smallest absolute Gasteiger partial charge is 0.145 e. The van der Waals surface area contributed by atoms with Crippen LogP contribution in [0.25, 0.3) is 10.8 Å². The highest BCUT2D eigenvalue weighted by atomic mass is 16.7. The number of fused-ring (bicyclic) bond motifs is 3. The van der Waals surface area contributed by atoms with Gasteiger partial charge in [-0.2, -0.15) is 0 Å². The molecule has 0 spiro atoms. The van der Waals surface area contributed by atoms with Crippen LogP contribution in [-0.4, -0.2) is 25.0 Å². The van der Waals surface area contributed by atoms with Crippen molar-refractivity contribution in [1.29, 1.82) is 0 Å². The third kappa shape index (κ3) is 2.00. The van der Waals surface area contributed by atoms with Gasteiger partial charge in [0.25, 0.3) is 0 Å². The Morgan fingerprint density at radius 3 is 2.95 bits per heavy atom. The van der Waals surface area contributed by atoms with E-state index in [2.05, 4.69) is 41.6 Å². The van der Waals surface area contributed by atoms with Gasteiger partial charge in [-0.05, 0) is 29.2 Å². The second-order valence-electron chi connectivity index (χ2n) is 5.10. The van der Waals surface area contributed by atoms with Crippen LogP contribution in [0.4, 0.5) is 0 Å². The first kappa shape index (κ1) is 11.0. The minimum absolute atomic E-state index is 0.266. The highest BCUT2D eigenvalue weighted by molar-refractivity contribution is 6.08. The van der Waals surface area contributed by atoms with Crippen molar-refractivity contribution >= 4 is 16.5 Å². The number of hydrogen-bond acceptors (Lipinski definition) is 3. The number of benzene rings is 2. The summed E-state index contributed by atoms with van der Waals surface area (Å²) < 4.78 is 5.11. The molecular formula is C16H15NO2. The Morgan fingerprint density at radius 1 is 1.16 bits per heavy atom. The number of oxime groups is 1. The molecule has 0 amide bonds. The number of rotatable bonds is 3. The van der Waals surface area contributed by atoms with Gasteiger partial charge in [-0.25, -0.2) is 0 Å². The summed E-state index contributed by atoms with van der Waals surface area (Å²) in [7, 11) is 0. The first-order chi connectivity index (χ1) is 9.42. The van der Waals surface area contributed by atoms with Crippen molar-refractivity contribution in [3.63, 3.8) is 0 Å². The van der Waals surface area contributed by atoms with Crippen molar-refractivity contribution in [2.75, 3.05) is 13.2 Å². The lowest BCUT2D eigenvalue weighted by molar-refractivity contribution is 0.124. The van der Waals surface area contributed by atoms with Crippen LogP contribution in [0, 0.1) is 0 Å². The largest absolute Gasteiger partial charge is 0.393 e. The van der Waals surface area contributed by atoms with Gasteiger partial charge in [0.1, 0.15) is 12.7 Å². The number of aryl methyl sites for hydroxylation is 1. The lowest BCUT2D eigenvalue weighted by Crippen LogP contribution is -2.01. The van der Waals surface area contributed by atoms with Crippen LogP contribution in [0.1, 0.15) is 17.5 Å². The summed E-state index contributed by atoms with van der Waals surface area (Å²) in [6.45, 7) is 1.39. The zero-order valence-corrected chi connectivity index (χ0v) is 10.6. The second-order valence-corrected chi connectivity index (χ2v) is 5.10. The molecule has 0 bridgehead atoms. The molecule has 96 valence electrons. The van der Waals surface area contributed by atoms with Gasteiger partial charge in [0.15, 0.2) is 0 Å². The van der Waals surface area contributed by atoms with E-state index in [0.29, 0.717) is 6.61 Å². The third-order valence-electron chi connectivity index (χ3n) is 3.80. The maximum Gasteiger partial charge on any atom is 0.145 e. The van der Waals surface area contributed by atoms with Gasteiger partial charge in [-0.1, -0.05) is 41.6 Å². The molecule has 3 nitrogen and oxygen atoms in total. The van der Waals surface area contributed by atoms with Crippen LogP contribution in [0.2, 0.25) is 0 Å². The van der Waals surface area contributed by atoms with Crippen LogP contribution < -0.4 is 0 Å². The molecule has 2 aromatic carbocycles. The molecule has 1 atom stereocenters. The molecule has 0 radical (unpaired) electrons. The maximum absolute atomic E-state index is 5.37. The second kappa shape index (κ2) is 4.35. The SMILES string of the molecule is c1ccc2c3c(ccc2c1)C(=NOCC1CO1)CC3. The minimum atomic E-state index is 0.266. The van der Waals surface area contributed by atoms with E-state index >= 15 is 0 Å². The lowest BCUT2D eigenvalue weighted by atomic mass is 10.0. The fraction of sp³-hybridized carbons (Fsp3) is 0.312. The van der Waals surface area contributed by atoms with E-state index < -0.39 is 0 Å². The van der Waals surface area contributed by atoms with Crippen LogP contribution in [0.5, 0.6) is 0 Å². The molecule has 3 heteroatoms. The summed E-state index contributed by atoms with van der Waals surface area (Å²) in [5.41, 5.74) is 3.72. The third-order valence-corrected chi connectivity index (χ3v) is 3.80. The normalized spacial score (nSPS) is 22.7. The van der Waals surface area contributed by atoms with Gasteiger partial charge in [-0.15, -0.1) is 0 Å². The Hall–Kier alpha value is -1.87. The van der Waals surface area contributed by atoms with E-state index in [0.717, 1.165) is 25.2 Å². The van der Waals surface area contributed by atoms with Gasteiger partial charge in [0.2, 0.25) is 0 Å². The molecule has 0 N–H and O–H groups in total. The summed E-state index contributed by atoms with van der Waals surface area (Å²) in [5.74, 6) is 0. The summed E-state index contributed by atoms with van der Waals surface area (Å²) >= 11 is 0. The van der Waals surface area contributed by atoms with Crippen LogP contribution in [0.15, 0.2) is 41.6 Å². The predicted octanol–water partition coefficient (Wildman–Crippen LogP) is 2.91. The van der Waals surface area contributed by atoms with Crippen molar-refractivity contribution < 1.29 is 9.57 Å². The summed E-state index contributed by atoms with van der Waals surface area (Å²) in [5, 5.41) is 6.93. The standard InChI is InChI=1S/C16H15NO2/c1-2-4-13-11(3-1)5-6-15-14(13)7-8-16(15)17-19-10-12-9-18-12/h1-6,12H,7-10H2. The average molecular weight is 253 g/mol. The molecule has 1 saturated heterocycles. The maximum atomic E-state index is 5.37. The van der Waals surface area contributed by atoms with Crippen LogP contribution in [-0.2, 0) is 16.0 Å². The summed E-state index contributed by atoms with van der Waals surface area (Å²) in [6, 6.07) is 12.9. The molecular weight excluding hydrogens is 238 g/mol. The van der Waals surface area contributed by atoms with Gasteiger partial charge >= 0.3 is 0 Å². The quantitative estimate of drug-likeness (QED) is 0.622. The molecule has 1 heterocycles. The van der Waals surface area contributed by atoms with Gasteiger partial charge in [0, 0.05) is 5.56 Å². The van der Waals surface area contributed by atoms with E-state index in [-0.39, 0.29) is 6.10 Å². The number of ether oxygens (including phenoxy) is 1. The first-order valence-electron chi connectivity index (χ1n) is 6.73. The Balaban J connectivity index is 1.68. The Morgan fingerprint density at radius 2 is 2.05 bits per heavy atom. The van der Waals surface area contributed by atoms with Gasteiger partial charge in [-0.3, -0.25) is 0 Å². The lowest BCUT2D eigenvalue weighted by Gasteiger charge is -2.05. The molecule has 2 aromatic rings. The Kier molecular flexibility index (Phi) is 2.52. The number of epoxide rings is 1. The van der Waals surface area contributed by atoms with Crippen molar-refractivity contribution in [2.24, 2.45) is 5.16 Å². The zero-order chi connectivity index (χ0) is 12.7. The van der Waals surface area contributed by atoms with E-state index in [9.17, 15) is 0 Å². The average Bonchev–Trinajstić information content (AvgIpc) is 3.18. The molecule has 4 rings (SSSR count). The van der Waals surface area contributed by atoms with E-state index in [1.54, 1.807) is 0 Å². The summed E-state index contributed by atoms with van der Waals surface area (Å²) in [4.78, 5) is 5.37.